The number of carbonyl (C=O) groups is 3. The quantitative estimate of drug-likeness (QED) is 0.850. The van der Waals surface area contributed by atoms with Gasteiger partial charge in [-0.25, -0.2) is 0 Å². The second-order valence-corrected chi connectivity index (χ2v) is 6.17. The van der Waals surface area contributed by atoms with Crippen LogP contribution in [0.3, 0.4) is 0 Å². The molecule has 1 aromatic heterocycles. The van der Waals surface area contributed by atoms with Crippen LogP contribution in [0.1, 0.15) is 29.5 Å². The molecule has 0 bridgehead atoms. The molecule has 7 heteroatoms. The Labute approximate surface area is 151 Å². The SMILES string of the molecule is CC(NC(=O)CNC(=O)c1ccco1)C(=O)N1CCCc2ccccc21. The minimum atomic E-state index is -0.686. The van der Waals surface area contributed by atoms with Crippen LogP contribution in [0.25, 0.3) is 0 Å². The van der Waals surface area contributed by atoms with E-state index < -0.39 is 17.9 Å². The fourth-order valence-electron chi connectivity index (χ4n) is 3.01. The highest BCUT2D eigenvalue weighted by Gasteiger charge is 2.27. The molecule has 1 atom stereocenters. The normalized spacial score (nSPS) is 14.3. The molecule has 3 rings (SSSR count). The van der Waals surface area contributed by atoms with Crippen molar-refractivity contribution < 1.29 is 18.8 Å². The van der Waals surface area contributed by atoms with Crippen molar-refractivity contribution in [1.82, 2.24) is 10.6 Å². The van der Waals surface area contributed by atoms with E-state index >= 15 is 0 Å². The molecule has 1 aliphatic rings. The van der Waals surface area contributed by atoms with E-state index in [0.29, 0.717) is 6.54 Å². The molecular weight excluding hydrogens is 334 g/mol. The Bertz CT molecular complexity index is 801. The molecule has 1 aliphatic heterocycles. The number of fused-ring (bicyclic) bond motifs is 1. The number of carbonyl (C=O) groups excluding carboxylic acids is 3. The molecule has 0 spiro atoms. The van der Waals surface area contributed by atoms with Gasteiger partial charge >= 0.3 is 0 Å². The highest BCUT2D eigenvalue weighted by atomic mass is 16.3. The number of nitrogens with zero attached hydrogens (tertiary/aromatic N) is 1. The van der Waals surface area contributed by atoms with Gasteiger partial charge in [0.05, 0.1) is 12.8 Å². The van der Waals surface area contributed by atoms with Crippen molar-refractivity contribution in [2.45, 2.75) is 25.8 Å². The third kappa shape index (κ3) is 3.93. The molecule has 0 fully saturated rings. The first kappa shape index (κ1) is 17.7. The van der Waals surface area contributed by atoms with E-state index in [1.54, 1.807) is 17.9 Å². The van der Waals surface area contributed by atoms with Crippen LogP contribution in [0.4, 0.5) is 5.69 Å². The summed E-state index contributed by atoms with van der Waals surface area (Å²) in [6, 6.07) is 10.2. The Hall–Kier alpha value is -3.09. The van der Waals surface area contributed by atoms with Gasteiger partial charge in [-0.2, -0.15) is 0 Å². The third-order valence-electron chi connectivity index (χ3n) is 4.28. The molecule has 2 aromatic rings. The summed E-state index contributed by atoms with van der Waals surface area (Å²) in [5.41, 5.74) is 2.03. The standard InChI is InChI=1S/C19H21N3O4/c1-13(21-17(23)12-20-18(24)16-9-5-11-26-16)19(25)22-10-4-7-14-6-2-3-8-15(14)22/h2-3,5-6,8-9,11,13H,4,7,10,12H2,1H3,(H,20,24)(H,21,23). The second kappa shape index (κ2) is 7.86. The molecule has 0 radical (unpaired) electrons. The van der Waals surface area contributed by atoms with Crippen molar-refractivity contribution in [2.24, 2.45) is 0 Å². The number of amides is 3. The van der Waals surface area contributed by atoms with E-state index in [2.05, 4.69) is 10.6 Å². The summed E-state index contributed by atoms with van der Waals surface area (Å²) < 4.78 is 4.95. The van der Waals surface area contributed by atoms with Gasteiger partial charge in [-0.05, 0) is 43.5 Å². The van der Waals surface area contributed by atoms with Gasteiger partial charge < -0.3 is 20.0 Å². The molecule has 136 valence electrons. The smallest absolute Gasteiger partial charge is 0.287 e. The van der Waals surface area contributed by atoms with Crippen LogP contribution in [0.5, 0.6) is 0 Å². The van der Waals surface area contributed by atoms with Gasteiger partial charge in [0.2, 0.25) is 11.8 Å². The number of hydrogen-bond acceptors (Lipinski definition) is 4. The van der Waals surface area contributed by atoms with Gasteiger partial charge in [-0.1, -0.05) is 18.2 Å². The van der Waals surface area contributed by atoms with Crippen molar-refractivity contribution in [1.29, 1.82) is 0 Å². The maximum Gasteiger partial charge on any atom is 0.287 e. The van der Waals surface area contributed by atoms with Gasteiger partial charge in [0.1, 0.15) is 6.04 Å². The number of furan rings is 1. The van der Waals surface area contributed by atoms with Gasteiger partial charge in [-0.15, -0.1) is 0 Å². The zero-order valence-corrected chi connectivity index (χ0v) is 14.5. The molecule has 26 heavy (non-hydrogen) atoms. The van der Waals surface area contributed by atoms with E-state index in [4.69, 9.17) is 4.42 Å². The Morgan fingerprint density at radius 3 is 2.77 bits per heavy atom. The molecule has 0 saturated carbocycles. The number of para-hydroxylation sites is 1. The van der Waals surface area contributed by atoms with Crippen LogP contribution in [0.15, 0.2) is 47.1 Å². The summed E-state index contributed by atoms with van der Waals surface area (Å²) in [6.07, 6.45) is 3.22. The van der Waals surface area contributed by atoms with Gasteiger partial charge in [-0.3, -0.25) is 14.4 Å². The van der Waals surface area contributed by atoms with Crippen LogP contribution in [0, 0.1) is 0 Å². The Kier molecular flexibility index (Phi) is 5.36. The van der Waals surface area contributed by atoms with Crippen LogP contribution >= 0.6 is 0 Å². The molecule has 2 N–H and O–H groups in total. The van der Waals surface area contributed by atoms with E-state index in [0.717, 1.165) is 24.1 Å². The zero-order valence-electron chi connectivity index (χ0n) is 14.5. The minimum Gasteiger partial charge on any atom is -0.459 e. The van der Waals surface area contributed by atoms with Crippen molar-refractivity contribution in [3.05, 3.63) is 54.0 Å². The van der Waals surface area contributed by atoms with Crippen molar-refractivity contribution in [3.63, 3.8) is 0 Å². The number of hydrogen-bond donors (Lipinski definition) is 2. The first-order valence-corrected chi connectivity index (χ1v) is 8.56. The molecule has 0 saturated heterocycles. The lowest BCUT2D eigenvalue weighted by Gasteiger charge is -2.31. The highest BCUT2D eigenvalue weighted by molar-refractivity contribution is 6.00. The zero-order chi connectivity index (χ0) is 18.5. The Balaban J connectivity index is 1.54. The topological polar surface area (TPSA) is 91.6 Å². The van der Waals surface area contributed by atoms with Crippen molar-refractivity contribution in [2.75, 3.05) is 18.0 Å². The van der Waals surface area contributed by atoms with Crippen LogP contribution < -0.4 is 15.5 Å². The van der Waals surface area contributed by atoms with E-state index in [-0.39, 0.29) is 18.2 Å². The van der Waals surface area contributed by atoms with Crippen LogP contribution in [-0.4, -0.2) is 36.9 Å². The lowest BCUT2D eigenvalue weighted by molar-refractivity contribution is -0.126. The molecule has 7 nitrogen and oxygen atoms in total. The highest BCUT2D eigenvalue weighted by Crippen LogP contribution is 2.27. The lowest BCUT2D eigenvalue weighted by Crippen LogP contribution is -2.50. The number of aryl methyl sites for hydroxylation is 1. The summed E-state index contributed by atoms with van der Waals surface area (Å²) in [6.45, 7) is 2.05. The number of rotatable bonds is 5. The molecule has 1 unspecified atom stereocenters. The molecule has 3 amide bonds. The summed E-state index contributed by atoms with van der Waals surface area (Å²) in [7, 11) is 0. The second-order valence-electron chi connectivity index (χ2n) is 6.17. The number of nitrogens with one attached hydrogen (secondary N) is 2. The van der Waals surface area contributed by atoms with E-state index in [9.17, 15) is 14.4 Å². The fourth-order valence-corrected chi connectivity index (χ4v) is 3.01. The van der Waals surface area contributed by atoms with Crippen molar-refractivity contribution in [3.8, 4) is 0 Å². The van der Waals surface area contributed by atoms with Crippen LogP contribution in [-0.2, 0) is 16.0 Å². The van der Waals surface area contributed by atoms with E-state index in [1.165, 1.54) is 12.3 Å². The minimum absolute atomic E-state index is 0.131. The largest absolute Gasteiger partial charge is 0.459 e. The third-order valence-corrected chi connectivity index (χ3v) is 4.28. The van der Waals surface area contributed by atoms with Gasteiger partial charge in [0.25, 0.3) is 5.91 Å². The number of anilines is 1. The predicted octanol–water partition coefficient (Wildman–Crippen LogP) is 1.49. The average Bonchev–Trinajstić information content (AvgIpc) is 3.20. The first-order valence-electron chi connectivity index (χ1n) is 8.56. The maximum absolute atomic E-state index is 12.7. The van der Waals surface area contributed by atoms with Crippen molar-refractivity contribution >= 4 is 23.4 Å². The average molecular weight is 355 g/mol. The van der Waals surface area contributed by atoms with Gasteiger partial charge in [0, 0.05) is 12.2 Å². The molecule has 2 heterocycles. The van der Waals surface area contributed by atoms with Crippen LogP contribution in [0.2, 0.25) is 0 Å². The molecule has 1 aromatic carbocycles. The lowest BCUT2D eigenvalue weighted by atomic mass is 10.0. The molecular formula is C19H21N3O4. The fraction of sp³-hybridized carbons (Fsp3) is 0.316. The Morgan fingerprint density at radius 2 is 2.00 bits per heavy atom. The Morgan fingerprint density at radius 1 is 1.19 bits per heavy atom. The van der Waals surface area contributed by atoms with E-state index in [1.807, 2.05) is 24.3 Å². The maximum atomic E-state index is 12.7. The summed E-state index contributed by atoms with van der Waals surface area (Å²) in [5, 5.41) is 5.09. The first-order chi connectivity index (χ1) is 12.6. The summed E-state index contributed by atoms with van der Waals surface area (Å²) in [5.74, 6) is -0.945. The molecule has 0 aliphatic carbocycles. The number of benzene rings is 1. The summed E-state index contributed by atoms with van der Waals surface area (Å²) >= 11 is 0. The monoisotopic (exact) mass is 355 g/mol. The summed E-state index contributed by atoms with van der Waals surface area (Å²) in [4.78, 5) is 38.2. The van der Waals surface area contributed by atoms with Gasteiger partial charge in [0.15, 0.2) is 5.76 Å². The predicted molar refractivity (Wildman–Crippen MR) is 95.8 cm³/mol.